The van der Waals surface area contributed by atoms with E-state index in [0.29, 0.717) is 24.3 Å². The van der Waals surface area contributed by atoms with Crippen molar-refractivity contribution in [1.29, 1.82) is 0 Å². The zero-order chi connectivity index (χ0) is 13.3. The predicted molar refractivity (Wildman–Crippen MR) is 69.0 cm³/mol. The number of aryl methyl sites for hydroxylation is 1. The number of ketones is 1. The summed E-state index contributed by atoms with van der Waals surface area (Å²) in [5.41, 5.74) is 1.32. The minimum Gasteiger partial charge on any atom is -0.481 e. The first-order valence-corrected chi connectivity index (χ1v) is 6.35. The van der Waals surface area contributed by atoms with E-state index in [4.69, 9.17) is 16.7 Å². The molecular formula is C14H15ClO3. The molecule has 0 saturated heterocycles. The Labute approximate surface area is 111 Å². The number of carbonyl (C=O) groups is 2. The lowest BCUT2D eigenvalue weighted by molar-refractivity contribution is -0.137. The van der Waals surface area contributed by atoms with Gasteiger partial charge in [-0.3, -0.25) is 9.59 Å². The summed E-state index contributed by atoms with van der Waals surface area (Å²) in [6.45, 7) is 1.84. The molecule has 0 amide bonds. The molecule has 4 heteroatoms. The Balaban J connectivity index is 2.40. The van der Waals surface area contributed by atoms with E-state index in [1.165, 1.54) is 0 Å². The third-order valence-corrected chi connectivity index (χ3v) is 3.97. The summed E-state index contributed by atoms with van der Waals surface area (Å²) in [5, 5.41) is 9.46. The fourth-order valence-electron chi connectivity index (χ4n) is 2.61. The van der Waals surface area contributed by atoms with Gasteiger partial charge in [-0.05, 0) is 43.0 Å². The molecule has 1 N–H and O–H groups in total. The fourth-order valence-corrected chi connectivity index (χ4v) is 2.81. The quantitative estimate of drug-likeness (QED) is 0.915. The molecule has 3 nitrogen and oxygen atoms in total. The third-order valence-electron chi connectivity index (χ3n) is 3.74. The van der Waals surface area contributed by atoms with Crippen LogP contribution in [0, 0.1) is 0 Å². The summed E-state index contributed by atoms with van der Waals surface area (Å²) in [4.78, 5) is 22.9. The van der Waals surface area contributed by atoms with Crippen LogP contribution in [0.3, 0.4) is 0 Å². The van der Waals surface area contributed by atoms with Gasteiger partial charge in [0.05, 0.1) is 5.41 Å². The highest BCUT2D eigenvalue weighted by atomic mass is 35.5. The number of carbonyl (C=O) groups excluding carboxylic acids is 1. The molecule has 0 spiro atoms. The summed E-state index contributed by atoms with van der Waals surface area (Å²) in [5.74, 6) is -0.747. The second-order valence-corrected chi connectivity index (χ2v) is 5.39. The van der Waals surface area contributed by atoms with Gasteiger partial charge < -0.3 is 5.11 Å². The van der Waals surface area contributed by atoms with Crippen LogP contribution >= 0.6 is 11.6 Å². The zero-order valence-electron chi connectivity index (χ0n) is 10.2. The molecular weight excluding hydrogens is 252 g/mol. The molecule has 1 aromatic rings. The summed E-state index contributed by atoms with van der Waals surface area (Å²) in [6, 6.07) is 5.50. The molecule has 18 heavy (non-hydrogen) atoms. The SMILES string of the molecule is C[C@]1(CCC(=O)O)C(=O)CCc2cc(Cl)ccc21. The van der Waals surface area contributed by atoms with Crippen LogP contribution in [0.5, 0.6) is 0 Å². The number of hydrogen-bond acceptors (Lipinski definition) is 2. The summed E-state index contributed by atoms with van der Waals surface area (Å²) in [6.07, 6.45) is 1.50. The van der Waals surface area contributed by atoms with Crippen molar-refractivity contribution < 1.29 is 14.7 Å². The second kappa shape index (κ2) is 4.73. The molecule has 1 aliphatic rings. The molecule has 0 bridgehead atoms. The third kappa shape index (κ3) is 2.27. The summed E-state index contributed by atoms with van der Waals surface area (Å²) < 4.78 is 0. The van der Waals surface area contributed by atoms with E-state index in [9.17, 15) is 9.59 Å². The molecule has 0 radical (unpaired) electrons. The molecule has 2 rings (SSSR count). The molecule has 0 aliphatic heterocycles. The lowest BCUT2D eigenvalue weighted by atomic mass is 9.68. The Bertz CT molecular complexity index is 510. The average Bonchev–Trinajstić information content (AvgIpc) is 2.32. The Kier molecular flexibility index (Phi) is 3.44. The van der Waals surface area contributed by atoms with Crippen molar-refractivity contribution in [3.8, 4) is 0 Å². The molecule has 0 heterocycles. The maximum atomic E-state index is 12.2. The second-order valence-electron chi connectivity index (χ2n) is 4.95. The van der Waals surface area contributed by atoms with Crippen molar-refractivity contribution in [1.82, 2.24) is 0 Å². The summed E-state index contributed by atoms with van der Waals surface area (Å²) >= 11 is 5.95. The van der Waals surface area contributed by atoms with E-state index in [1.54, 1.807) is 6.07 Å². The molecule has 0 unspecified atom stereocenters. The summed E-state index contributed by atoms with van der Waals surface area (Å²) in [7, 11) is 0. The van der Waals surface area contributed by atoms with Gasteiger partial charge in [0, 0.05) is 17.9 Å². The number of fused-ring (bicyclic) bond motifs is 1. The number of benzene rings is 1. The van der Waals surface area contributed by atoms with Crippen molar-refractivity contribution in [2.75, 3.05) is 0 Å². The van der Waals surface area contributed by atoms with E-state index in [-0.39, 0.29) is 12.2 Å². The van der Waals surface area contributed by atoms with Gasteiger partial charge in [-0.2, -0.15) is 0 Å². The van der Waals surface area contributed by atoms with Crippen LogP contribution < -0.4 is 0 Å². The van der Waals surface area contributed by atoms with Gasteiger partial charge in [-0.15, -0.1) is 0 Å². The largest absolute Gasteiger partial charge is 0.481 e. The number of carboxylic acid groups (broad SMARTS) is 1. The molecule has 1 atom stereocenters. The maximum absolute atomic E-state index is 12.2. The molecule has 1 aliphatic carbocycles. The highest BCUT2D eigenvalue weighted by molar-refractivity contribution is 6.30. The normalized spacial score (nSPS) is 22.7. The lowest BCUT2D eigenvalue weighted by Crippen LogP contribution is -2.37. The lowest BCUT2D eigenvalue weighted by Gasteiger charge is -2.34. The predicted octanol–water partition coefficient (Wildman–Crippen LogP) is 2.98. The van der Waals surface area contributed by atoms with E-state index in [1.807, 2.05) is 19.1 Å². The minimum absolute atomic E-state index is 0.00427. The smallest absolute Gasteiger partial charge is 0.303 e. The van der Waals surface area contributed by atoms with Gasteiger partial charge >= 0.3 is 5.97 Å². The van der Waals surface area contributed by atoms with Gasteiger partial charge in [-0.1, -0.05) is 17.7 Å². The molecule has 0 fully saturated rings. The van der Waals surface area contributed by atoms with E-state index >= 15 is 0 Å². The molecule has 0 aromatic heterocycles. The van der Waals surface area contributed by atoms with E-state index < -0.39 is 11.4 Å². The first-order valence-electron chi connectivity index (χ1n) is 5.97. The Hall–Kier alpha value is -1.35. The number of carboxylic acids is 1. The number of aliphatic carboxylic acids is 1. The van der Waals surface area contributed by atoms with Gasteiger partial charge in [0.25, 0.3) is 0 Å². The average molecular weight is 267 g/mol. The standard InChI is InChI=1S/C14H15ClO3/c1-14(7-6-13(17)18)11-4-3-10(15)8-9(11)2-5-12(14)16/h3-4,8H,2,5-7H2,1H3,(H,17,18)/t14-/m1/s1. The first-order chi connectivity index (χ1) is 8.43. The number of hydrogen-bond donors (Lipinski definition) is 1. The van der Waals surface area contributed by atoms with Gasteiger partial charge in [0.1, 0.15) is 5.78 Å². The van der Waals surface area contributed by atoms with Crippen LogP contribution in [0.15, 0.2) is 18.2 Å². The van der Waals surface area contributed by atoms with Crippen molar-refractivity contribution in [3.63, 3.8) is 0 Å². The Morgan fingerprint density at radius 3 is 2.83 bits per heavy atom. The highest BCUT2D eigenvalue weighted by Gasteiger charge is 2.39. The first kappa shape index (κ1) is 13.1. The van der Waals surface area contributed by atoms with Crippen molar-refractivity contribution in [2.24, 2.45) is 0 Å². The zero-order valence-corrected chi connectivity index (χ0v) is 11.0. The molecule has 1 aromatic carbocycles. The van der Waals surface area contributed by atoms with Crippen LogP contribution in [0.2, 0.25) is 5.02 Å². The highest BCUT2D eigenvalue weighted by Crippen LogP contribution is 2.39. The Morgan fingerprint density at radius 1 is 1.44 bits per heavy atom. The minimum atomic E-state index is -0.870. The molecule has 96 valence electrons. The van der Waals surface area contributed by atoms with Gasteiger partial charge in [0.2, 0.25) is 0 Å². The fraction of sp³-hybridized carbons (Fsp3) is 0.429. The van der Waals surface area contributed by atoms with E-state index in [2.05, 4.69) is 0 Å². The number of Topliss-reactive ketones (excluding diaryl/α,β-unsaturated/α-hetero) is 1. The monoisotopic (exact) mass is 266 g/mol. The van der Waals surface area contributed by atoms with Crippen LogP contribution in [-0.4, -0.2) is 16.9 Å². The van der Waals surface area contributed by atoms with E-state index in [0.717, 1.165) is 11.1 Å². The van der Waals surface area contributed by atoms with Gasteiger partial charge in [0.15, 0.2) is 0 Å². The topological polar surface area (TPSA) is 54.4 Å². The van der Waals surface area contributed by atoms with Gasteiger partial charge in [-0.25, -0.2) is 0 Å². The van der Waals surface area contributed by atoms with Crippen molar-refractivity contribution >= 4 is 23.4 Å². The van der Waals surface area contributed by atoms with Crippen LogP contribution in [0.1, 0.15) is 37.3 Å². The van der Waals surface area contributed by atoms with Crippen LogP contribution in [0.25, 0.3) is 0 Å². The number of rotatable bonds is 3. The van der Waals surface area contributed by atoms with Crippen molar-refractivity contribution in [2.45, 2.75) is 38.0 Å². The Morgan fingerprint density at radius 2 is 2.17 bits per heavy atom. The number of halogens is 1. The molecule has 0 saturated carbocycles. The van der Waals surface area contributed by atoms with Crippen molar-refractivity contribution in [3.05, 3.63) is 34.3 Å². The van der Waals surface area contributed by atoms with Crippen LogP contribution in [-0.2, 0) is 21.4 Å². The van der Waals surface area contributed by atoms with Crippen LogP contribution in [0.4, 0.5) is 0 Å². The maximum Gasteiger partial charge on any atom is 0.303 e.